The molecule has 0 radical (unpaired) electrons. The molecule has 1 saturated heterocycles. The lowest BCUT2D eigenvalue weighted by Gasteiger charge is -2.32. The number of para-hydroxylation sites is 1. The van der Waals surface area contributed by atoms with E-state index in [1.165, 1.54) is 22.0 Å². The van der Waals surface area contributed by atoms with Crippen LogP contribution >= 0.6 is 11.6 Å². The SMILES string of the molecule is Cn1ccc2cccc(CCc3ccnc(C4CCCN(C(=O)CCl)C4)c3)c21. The highest BCUT2D eigenvalue weighted by molar-refractivity contribution is 6.27. The first kappa shape index (κ1) is 19.0. The minimum Gasteiger partial charge on any atom is -0.350 e. The fraction of sp³-hybridized carbons (Fsp3) is 0.391. The summed E-state index contributed by atoms with van der Waals surface area (Å²) in [6, 6.07) is 13.0. The molecule has 0 N–H and O–H groups in total. The highest BCUT2D eigenvalue weighted by atomic mass is 35.5. The molecule has 1 aliphatic heterocycles. The predicted molar refractivity (Wildman–Crippen MR) is 114 cm³/mol. The van der Waals surface area contributed by atoms with Crippen molar-refractivity contribution in [3.63, 3.8) is 0 Å². The number of aryl methyl sites for hydroxylation is 3. The highest BCUT2D eigenvalue weighted by Gasteiger charge is 2.25. The number of amides is 1. The van der Waals surface area contributed by atoms with Crippen LogP contribution in [0, 0.1) is 0 Å². The third kappa shape index (κ3) is 3.93. The number of likely N-dealkylation sites (tertiary alicyclic amines) is 1. The number of carbonyl (C=O) groups is 1. The number of aromatic nitrogens is 2. The minimum atomic E-state index is 0.0261. The van der Waals surface area contributed by atoms with Crippen LogP contribution in [-0.2, 0) is 24.7 Å². The van der Waals surface area contributed by atoms with Crippen LogP contribution in [0.5, 0.6) is 0 Å². The lowest BCUT2D eigenvalue weighted by Crippen LogP contribution is -2.40. The van der Waals surface area contributed by atoms with Gasteiger partial charge in [0.05, 0.1) is 5.52 Å². The third-order valence-electron chi connectivity index (χ3n) is 5.82. The standard InChI is InChI=1S/C23H26ClN3O/c1-26-13-10-19-5-2-4-18(23(19)26)8-7-17-9-11-25-21(14-17)20-6-3-12-27(16-20)22(28)15-24/h2,4-5,9-11,13-14,20H,3,6-8,12,15-16H2,1H3. The van der Waals surface area contributed by atoms with Crippen LogP contribution < -0.4 is 0 Å². The average molecular weight is 396 g/mol. The fourth-order valence-electron chi connectivity index (χ4n) is 4.33. The summed E-state index contributed by atoms with van der Waals surface area (Å²) in [7, 11) is 2.10. The zero-order valence-electron chi connectivity index (χ0n) is 16.3. The highest BCUT2D eigenvalue weighted by Crippen LogP contribution is 2.27. The molecule has 28 heavy (non-hydrogen) atoms. The maximum absolute atomic E-state index is 12.0. The van der Waals surface area contributed by atoms with E-state index in [9.17, 15) is 4.79 Å². The number of halogens is 1. The molecule has 1 aromatic carbocycles. The van der Waals surface area contributed by atoms with E-state index >= 15 is 0 Å². The molecule has 0 bridgehead atoms. The van der Waals surface area contributed by atoms with Gasteiger partial charge in [0.15, 0.2) is 0 Å². The maximum Gasteiger partial charge on any atom is 0.237 e. The zero-order valence-corrected chi connectivity index (χ0v) is 17.0. The van der Waals surface area contributed by atoms with E-state index in [-0.39, 0.29) is 11.8 Å². The summed E-state index contributed by atoms with van der Waals surface area (Å²) in [5, 5.41) is 1.29. The number of fused-ring (bicyclic) bond motifs is 1. The number of hydrogen-bond acceptors (Lipinski definition) is 2. The Morgan fingerprint density at radius 2 is 2.14 bits per heavy atom. The first-order valence-electron chi connectivity index (χ1n) is 9.97. The number of pyridine rings is 1. The lowest BCUT2D eigenvalue weighted by molar-refractivity contribution is -0.129. The first-order chi connectivity index (χ1) is 13.7. The van der Waals surface area contributed by atoms with Crippen LogP contribution in [0.3, 0.4) is 0 Å². The van der Waals surface area contributed by atoms with Crippen molar-refractivity contribution in [2.45, 2.75) is 31.6 Å². The van der Waals surface area contributed by atoms with Crippen LogP contribution in [0.25, 0.3) is 10.9 Å². The monoisotopic (exact) mass is 395 g/mol. The molecule has 0 saturated carbocycles. The molecular formula is C23H26ClN3O. The molecule has 2 aromatic heterocycles. The summed E-state index contributed by atoms with van der Waals surface area (Å²) in [6.07, 6.45) is 8.10. The number of carbonyl (C=O) groups excluding carboxylic acids is 1. The van der Waals surface area contributed by atoms with Gasteiger partial charge < -0.3 is 9.47 Å². The van der Waals surface area contributed by atoms with E-state index in [0.29, 0.717) is 5.92 Å². The zero-order chi connectivity index (χ0) is 19.5. The summed E-state index contributed by atoms with van der Waals surface area (Å²) in [6.45, 7) is 1.53. The molecule has 0 aliphatic carbocycles. The summed E-state index contributed by atoms with van der Waals surface area (Å²) >= 11 is 5.74. The number of hydrogen-bond donors (Lipinski definition) is 0. The van der Waals surface area contributed by atoms with Crippen LogP contribution in [-0.4, -0.2) is 39.3 Å². The summed E-state index contributed by atoms with van der Waals surface area (Å²) in [5.41, 5.74) is 5.10. The van der Waals surface area contributed by atoms with Crippen molar-refractivity contribution in [2.75, 3.05) is 19.0 Å². The Labute approximate surface area is 171 Å². The Balaban J connectivity index is 1.48. The molecule has 1 aliphatic rings. The van der Waals surface area contributed by atoms with Gasteiger partial charge >= 0.3 is 0 Å². The largest absolute Gasteiger partial charge is 0.350 e. The Bertz CT molecular complexity index is 981. The van der Waals surface area contributed by atoms with Crippen molar-refractivity contribution in [3.05, 3.63) is 65.6 Å². The van der Waals surface area contributed by atoms with Crippen molar-refractivity contribution in [3.8, 4) is 0 Å². The molecule has 1 fully saturated rings. The quantitative estimate of drug-likeness (QED) is 0.604. The van der Waals surface area contributed by atoms with Gasteiger partial charge in [-0.2, -0.15) is 0 Å². The second-order valence-corrected chi connectivity index (χ2v) is 7.95. The number of piperidine rings is 1. The Morgan fingerprint density at radius 3 is 3.00 bits per heavy atom. The first-order valence-corrected chi connectivity index (χ1v) is 10.5. The van der Waals surface area contributed by atoms with Crippen LogP contribution in [0.15, 0.2) is 48.8 Å². The van der Waals surface area contributed by atoms with Gasteiger partial charge in [-0.15, -0.1) is 11.6 Å². The number of benzene rings is 1. The van der Waals surface area contributed by atoms with Crippen molar-refractivity contribution in [2.24, 2.45) is 7.05 Å². The molecule has 4 nitrogen and oxygen atoms in total. The molecule has 3 heterocycles. The second kappa shape index (κ2) is 8.36. The maximum atomic E-state index is 12.0. The molecule has 5 heteroatoms. The van der Waals surface area contributed by atoms with E-state index < -0.39 is 0 Å². The lowest BCUT2D eigenvalue weighted by atomic mass is 9.92. The minimum absolute atomic E-state index is 0.0261. The average Bonchev–Trinajstić information content (AvgIpc) is 3.13. The van der Waals surface area contributed by atoms with Gasteiger partial charge in [-0.3, -0.25) is 9.78 Å². The van der Waals surface area contributed by atoms with E-state index in [4.69, 9.17) is 11.6 Å². The Morgan fingerprint density at radius 1 is 1.25 bits per heavy atom. The van der Waals surface area contributed by atoms with Crippen LogP contribution in [0.2, 0.25) is 0 Å². The van der Waals surface area contributed by atoms with Gasteiger partial charge in [0, 0.05) is 44.1 Å². The molecule has 1 atom stereocenters. The van der Waals surface area contributed by atoms with Crippen LogP contribution in [0.1, 0.15) is 35.6 Å². The third-order valence-corrected chi connectivity index (χ3v) is 6.05. The van der Waals surface area contributed by atoms with Crippen molar-refractivity contribution in [1.82, 2.24) is 14.5 Å². The van der Waals surface area contributed by atoms with Gasteiger partial charge in [-0.1, -0.05) is 18.2 Å². The molecular weight excluding hydrogens is 370 g/mol. The van der Waals surface area contributed by atoms with Crippen molar-refractivity contribution >= 4 is 28.4 Å². The fourth-order valence-corrected chi connectivity index (χ4v) is 4.50. The van der Waals surface area contributed by atoms with Crippen molar-refractivity contribution < 1.29 is 4.79 Å². The molecule has 0 spiro atoms. The number of alkyl halides is 1. The smallest absolute Gasteiger partial charge is 0.237 e. The van der Waals surface area contributed by atoms with Gasteiger partial charge in [-0.05, 0) is 60.4 Å². The molecule has 1 amide bonds. The Hall–Kier alpha value is -2.33. The van der Waals surface area contributed by atoms with Gasteiger partial charge in [0.2, 0.25) is 5.91 Å². The van der Waals surface area contributed by atoms with Gasteiger partial charge in [0.25, 0.3) is 0 Å². The summed E-state index contributed by atoms with van der Waals surface area (Å²) in [4.78, 5) is 18.5. The molecule has 4 rings (SSSR count). The molecule has 1 unspecified atom stereocenters. The summed E-state index contributed by atoms with van der Waals surface area (Å²) in [5.74, 6) is 0.389. The predicted octanol–water partition coefficient (Wildman–Crippen LogP) is 4.30. The van der Waals surface area contributed by atoms with E-state index in [1.807, 2.05) is 11.1 Å². The second-order valence-electron chi connectivity index (χ2n) is 7.68. The van der Waals surface area contributed by atoms with Crippen LogP contribution in [0.4, 0.5) is 0 Å². The van der Waals surface area contributed by atoms with Crippen molar-refractivity contribution in [1.29, 1.82) is 0 Å². The van der Waals surface area contributed by atoms with E-state index in [1.54, 1.807) is 0 Å². The molecule has 3 aromatic rings. The number of rotatable bonds is 5. The number of nitrogens with zero attached hydrogens (tertiary/aromatic N) is 3. The Kier molecular flexibility index (Phi) is 5.67. The van der Waals surface area contributed by atoms with E-state index in [2.05, 4.69) is 59.2 Å². The summed E-state index contributed by atoms with van der Waals surface area (Å²) < 4.78 is 2.20. The molecule has 146 valence electrons. The van der Waals surface area contributed by atoms with E-state index in [0.717, 1.165) is 44.5 Å². The normalized spacial score (nSPS) is 17.2. The van der Waals surface area contributed by atoms with Gasteiger partial charge in [-0.25, -0.2) is 0 Å². The van der Waals surface area contributed by atoms with Gasteiger partial charge in [0.1, 0.15) is 5.88 Å². The topological polar surface area (TPSA) is 38.1 Å².